The lowest BCUT2D eigenvalue weighted by atomic mass is 9.99. The van der Waals surface area contributed by atoms with Gasteiger partial charge in [0.05, 0.1) is 0 Å². The Morgan fingerprint density at radius 2 is 1.92 bits per heavy atom. The van der Waals surface area contributed by atoms with Crippen molar-refractivity contribution in [1.29, 1.82) is 5.26 Å². The summed E-state index contributed by atoms with van der Waals surface area (Å²) in [5.41, 5.74) is 2.65. The van der Waals surface area contributed by atoms with Gasteiger partial charge in [0.15, 0.2) is 5.69 Å². The van der Waals surface area contributed by atoms with E-state index in [4.69, 9.17) is 5.26 Å². The summed E-state index contributed by atoms with van der Waals surface area (Å²) < 4.78 is 0. The van der Waals surface area contributed by atoms with E-state index in [1.54, 1.807) is 12.1 Å². The van der Waals surface area contributed by atoms with Crippen LogP contribution >= 0.6 is 0 Å². The van der Waals surface area contributed by atoms with Crippen molar-refractivity contribution in [2.45, 2.75) is 39.0 Å². The van der Waals surface area contributed by atoms with Crippen molar-refractivity contribution >= 4 is 11.6 Å². The highest BCUT2D eigenvalue weighted by Crippen LogP contribution is 2.15. The van der Waals surface area contributed by atoms with Crippen LogP contribution in [0.2, 0.25) is 0 Å². The number of carbonyl (C=O) groups excluding carboxylic acids is 1. The summed E-state index contributed by atoms with van der Waals surface area (Å²) >= 11 is 0. The van der Waals surface area contributed by atoms with Crippen LogP contribution < -0.4 is 5.32 Å². The molecule has 5 nitrogen and oxygen atoms in total. The molecule has 1 aromatic carbocycles. The summed E-state index contributed by atoms with van der Waals surface area (Å²) in [6.45, 7) is 4.97. The molecule has 0 radical (unpaired) electrons. The molecule has 0 aliphatic carbocycles. The van der Waals surface area contributed by atoms with Crippen LogP contribution in [-0.2, 0) is 11.2 Å². The third-order valence-electron chi connectivity index (χ3n) is 3.77. The van der Waals surface area contributed by atoms with E-state index in [9.17, 15) is 4.79 Å². The first-order valence-corrected chi connectivity index (χ1v) is 8.16. The maximum absolute atomic E-state index is 12.0. The minimum Gasteiger partial charge on any atom is -0.369 e. The average molecular weight is 322 g/mol. The molecule has 0 aliphatic rings. The fraction of sp³-hybridized carbons (Fsp3) is 0.368. The Bertz CT molecular complexity index is 700. The van der Waals surface area contributed by atoms with Crippen molar-refractivity contribution in [2.75, 3.05) is 11.9 Å². The van der Waals surface area contributed by atoms with E-state index < -0.39 is 0 Å². The number of Topliss-reactive ketones (excluding diaryl/α,β-unsaturated/α-hetero) is 1. The molecule has 2 rings (SSSR count). The monoisotopic (exact) mass is 322 g/mol. The Morgan fingerprint density at radius 3 is 2.50 bits per heavy atom. The molecule has 0 unspecified atom stereocenters. The number of rotatable bonds is 8. The highest BCUT2D eigenvalue weighted by Gasteiger charge is 2.05. The maximum Gasteiger partial charge on any atom is 0.163 e. The molecular weight excluding hydrogens is 300 g/mol. The van der Waals surface area contributed by atoms with E-state index >= 15 is 0 Å². The molecule has 5 heteroatoms. The van der Waals surface area contributed by atoms with Crippen molar-refractivity contribution in [3.63, 3.8) is 0 Å². The van der Waals surface area contributed by atoms with Crippen molar-refractivity contribution in [1.82, 2.24) is 10.2 Å². The number of hydrogen-bond donors (Lipinski definition) is 1. The van der Waals surface area contributed by atoms with E-state index in [-0.39, 0.29) is 5.78 Å². The number of nitrogens with one attached hydrogen (secondary N) is 1. The van der Waals surface area contributed by atoms with Crippen molar-refractivity contribution in [2.24, 2.45) is 0 Å². The second-order valence-electron chi connectivity index (χ2n) is 6.06. The number of anilines is 1. The van der Waals surface area contributed by atoms with Gasteiger partial charge in [-0.15, -0.1) is 10.2 Å². The highest BCUT2D eigenvalue weighted by molar-refractivity contribution is 5.80. The first-order chi connectivity index (χ1) is 11.6. The Labute approximate surface area is 142 Å². The van der Waals surface area contributed by atoms with Crippen LogP contribution in [0.5, 0.6) is 0 Å². The minimum absolute atomic E-state index is 0.236. The van der Waals surface area contributed by atoms with E-state index in [0.717, 1.165) is 12.0 Å². The van der Waals surface area contributed by atoms with Gasteiger partial charge in [-0.25, -0.2) is 0 Å². The highest BCUT2D eigenvalue weighted by atomic mass is 16.1. The second-order valence-corrected chi connectivity index (χ2v) is 6.06. The summed E-state index contributed by atoms with van der Waals surface area (Å²) in [6, 6.07) is 13.5. The Kier molecular flexibility index (Phi) is 6.44. The molecule has 1 heterocycles. The Morgan fingerprint density at radius 1 is 1.17 bits per heavy atom. The number of ketones is 1. The van der Waals surface area contributed by atoms with Gasteiger partial charge in [0, 0.05) is 19.4 Å². The number of carbonyl (C=O) groups is 1. The fourth-order valence-corrected chi connectivity index (χ4v) is 2.32. The molecule has 0 saturated heterocycles. The van der Waals surface area contributed by atoms with Crippen LogP contribution in [0.25, 0.3) is 0 Å². The smallest absolute Gasteiger partial charge is 0.163 e. The second kappa shape index (κ2) is 8.78. The quantitative estimate of drug-likeness (QED) is 0.753. The van der Waals surface area contributed by atoms with Crippen molar-refractivity contribution in [3.8, 4) is 6.07 Å². The predicted octanol–water partition coefficient (Wildman–Crippen LogP) is 3.48. The van der Waals surface area contributed by atoms with Crippen molar-refractivity contribution < 1.29 is 4.79 Å². The zero-order valence-electron chi connectivity index (χ0n) is 14.1. The van der Waals surface area contributed by atoms with Crippen LogP contribution in [0, 0.1) is 11.3 Å². The summed E-state index contributed by atoms with van der Waals surface area (Å²) in [7, 11) is 0. The third kappa shape index (κ3) is 5.47. The molecule has 0 bridgehead atoms. The average Bonchev–Trinajstić information content (AvgIpc) is 2.59. The zero-order chi connectivity index (χ0) is 17.4. The summed E-state index contributed by atoms with van der Waals surface area (Å²) in [4.78, 5) is 12.0. The molecule has 0 fully saturated rings. The standard InChI is InChI=1S/C19H22N4O/c1-14(2)16-7-5-15(6-8-16)12-18(24)4-3-11-21-19-10-9-17(13-20)22-23-19/h5-10,14H,3-4,11-12H2,1-2H3,(H,21,23). The normalized spacial score (nSPS) is 10.4. The Hall–Kier alpha value is -2.74. The van der Waals surface area contributed by atoms with Crippen LogP contribution in [0.1, 0.15) is 49.4 Å². The summed E-state index contributed by atoms with van der Waals surface area (Å²) in [5, 5.41) is 19.4. The zero-order valence-corrected chi connectivity index (χ0v) is 14.1. The van der Waals surface area contributed by atoms with E-state index in [1.807, 2.05) is 18.2 Å². The van der Waals surface area contributed by atoms with E-state index in [0.29, 0.717) is 36.8 Å². The van der Waals surface area contributed by atoms with Gasteiger partial charge >= 0.3 is 0 Å². The summed E-state index contributed by atoms with van der Waals surface area (Å²) in [6.07, 6.45) is 1.75. The van der Waals surface area contributed by atoms with Gasteiger partial charge in [-0.1, -0.05) is 38.1 Å². The van der Waals surface area contributed by atoms with Gasteiger partial charge < -0.3 is 5.32 Å². The topological polar surface area (TPSA) is 78.7 Å². The number of nitriles is 1. The van der Waals surface area contributed by atoms with E-state index in [2.05, 4.69) is 41.5 Å². The van der Waals surface area contributed by atoms with Gasteiger partial charge in [0.1, 0.15) is 17.7 Å². The molecule has 0 spiro atoms. The molecule has 1 N–H and O–H groups in total. The number of hydrogen-bond acceptors (Lipinski definition) is 5. The SMILES string of the molecule is CC(C)c1ccc(CC(=O)CCCNc2ccc(C#N)nn2)cc1. The first kappa shape index (κ1) is 17.6. The largest absolute Gasteiger partial charge is 0.369 e. The number of aromatic nitrogens is 2. The van der Waals surface area contributed by atoms with Gasteiger partial charge in [0.2, 0.25) is 0 Å². The molecule has 0 atom stereocenters. The minimum atomic E-state index is 0.236. The first-order valence-electron chi connectivity index (χ1n) is 8.16. The van der Waals surface area contributed by atoms with Crippen molar-refractivity contribution in [3.05, 3.63) is 53.2 Å². The molecule has 24 heavy (non-hydrogen) atoms. The fourth-order valence-electron chi connectivity index (χ4n) is 2.32. The van der Waals surface area contributed by atoms with Gasteiger partial charge in [-0.2, -0.15) is 5.26 Å². The molecule has 1 aromatic heterocycles. The summed E-state index contributed by atoms with van der Waals surface area (Å²) in [5.74, 6) is 1.36. The maximum atomic E-state index is 12.0. The van der Waals surface area contributed by atoms with E-state index in [1.165, 1.54) is 5.56 Å². The van der Waals surface area contributed by atoms with Gasteiger partial charge in [0.25, 0.3) is 0 Å². The molecule has 0 aliphatic heterocycles. The predicted molar refractivity (Wildman–Crippen MR) is 93.7 cm³/mol. The van der Waals surface area contributed by atoms with Gasteiger partial charge in [-0.3, -0.25) is 4.79 Å². The van der Waals surface area contributed by atoms with Crippen LogP contribution in [-0.4, -0.2) is 22.5 Å². The van der Waals surface area contributed by atoms with Crippen LogP contribution in [0.15, 0.2) is 36.4 Å². The third-order valence-corrected chi connectivity index (χ3v) is 3.77. The number of nitrogens with zero attached hydrogens (tertiary/aromatic N) is 3. The molecule has 0 amide bonds. The molecule has 0 saturated carbocycles. The van der Waals surface area contributed by atoms with Crippen LogP contribution in [0.4, 0.5) is 5.82 Å². The van der Waals surface area contributed by atoms with Gasteiger partial charge in [-0.05, 0) is 35.6 Å². The molecule has 2 aromatic rings. The lowest BCUT2D eigenvalue weighted by Gasteiger charge is -2.07. The van der Waals surface area contributed by atoms with Crippen LogP contribution in [0.3, 0.4) is 0 Å². The Balaban J connectivity index is 1.70. The lowest BCUT2D eigenvalue weighted by Crippen LogP contribution is -2.09. The molecule has 124 valence electrons. The molecular formula is C19H22N4O. The lowest BCUT2D eigenvalue weighted by molar-refractivity contribution is -0.118. The number of benzene rings is 1.